The molecule has 0 atom stereocenters. The highest BCUT2D eigenvalue weighted by Crippen LogP contribution is 2.25. The first-order valence-corrected chi connectivity index (χ1v) is 7.70. The fourth-order valence-electron chi connectivity index (χ4n) is 1.51. The average molecular weight is 322 g/mol. The van der Waals surface area contributed by atoms with Crippen LogP contribution in [0, 0.1) is 5.41 Å². The van der Waals surface area contributed by atoms with Crippen molar-refractivity contribution in [1.29, 1.82) is 0 Å². The van der Waals surface area contributed by atoms with Gasteiger partial charge in [0.15, 0.2) is 6.61 Å². The molecule has 0 saturated carbocycles. The van der Waals surface area contributed by atoms with Gasteiger partial charge in [-0.15, -0.1) is 0 Å². The minimum absolute atomic E-state index is 0.167. The van der Waals surface area contributed by atoms with Crippen LogP contribution in [0.3, 0.4) is 0 Å². The second kappa shape index (κ2) is 7.49. The molecule has 128 valence electrons. The van der Waals surface area contributed by atoms with E-state index in [1.54, 1.807) is 45.0 Å². The number of hydrogen-bond acceptors (Lipinski definition) is 5. The van der Waals surface area contributed by atoms with Gasteiger partial charge < -0.3 is 14.2 Å². The third-order valence-electron chi connectivity index (χ3n) is 3.25. The lowest BCUT2D eigenvalue weighted by Crippen LogP contribution is -2.28. The van der Waals surface area contributed by atoms with Gasteiger partial charge in [0.2, 0.25) is 0 Å². The molecule has 1 aromatic rings. The molecular formula is C18H26O5. The topological polar surface area (TPSA) is 61.8 Å². The molecule has 1 rings (SSSR count). The Hall–Kier alpha value is -2.04. The normalized spacial score (nSPS) is 11.7. The van der Waals surface area contributed by atoms with Gasteiger partial charge in [0.1, 0.15) is 17.1 Å². The van der Waals surface area contributed by atoms with E-state index in [4.69, 9.17) is 14.2 Å². The van der Waals surface area contributed by atoms with E-state index in [0.717, 1.165) is 0 Å². The molecule has 0 aromatic heterocycles. The Morgan fingerprint density at radius 2 is 1.48 bits per heavy atom. The monoisotopic (exact) mass is 322 g/mol. The highest BCUT2D eigenvalue weighted by atomic mass is 16.6. The van der Waals surface area contributed by atoms with Crippen LogP contribution >= 0.6 is 0 Å². The van der Waals surface area contributed by atoms with Gasteiger partial charge in [-0.1, -0.05) is 6.92 Å². The molecule has 0 aliphatic rings. The van der Waals surface area contributed by atoms with Crippen molar-refractivity contribution in [3.05, 3.63) is 24.3 Å². The first-order valence-electron chi connectivity index (χ1n) is 7.70. The average Bonchev–Trinajstić information content (AvgIpc) is 2.44. The third-order valence-corrected chi connectivity index (χ3v) is 3.25. The van der Waals surface area contributed by atoms with Crippen LogP contribution in [0.2, 0.25) is 0 Å². The summed E-state index contributed by atoms with van der Waals surface area (Å²) in [5, 5.41) is 0. The highest BCUT2D eigenvalue weighted by molar-refractivity contribution is 5.78. The zero-order valence-electron chi connectivity index (χ0n) is 14.8. The maximum Gasteiger partial charge on any atom is 0.344 e. The van der Waals surface area contributed by atoms with Crippen molar-refractivity contribution in [2.75, 3.05) is 6.61 Å². The molecule has 0 heterocycles. The Morgan fingerprint density at radius 1 is 0.957 bits per heavy atom. The lowest BCUT2D eigenvalue weighted by Gasteiger charge is -2.20. The van der Waals surface area contributed by atoms with E-state index in [-0.39, 0.29) is 12.6 Å². The van der Waals surface area contributed by atoms with Crippen molar-refractivity contribution >= 4 is 11.9 Å². The van der Waals surface area contributed by atoms with Gasteiger partial charge in [-0.3, -0.25) is 4.79 Å². The van der Waals surface area contributed by atoms with E-state index in [2.05, 4.69) is 0 Å². The standard InChI is InChI=1S/C18H26O5/c1-7-18(5,6)16(20)22-14-10-8-13(9-11-14)21-12-15(19)23-17(2,3)4/h8-11H,7,12H2,1-6H3. The minimum atomic E-state index is -0.537. The van der Waals surface area contributed by atoms with Gasteiger partial charge in [-0.25, -0.2) is 4.79 Å². The second-order valence-electron chi connectivity index (χ2n) is 6.97. The summed E-state index contributed by atoms with van der Waals surface area (Å²) >= 11 is 0. The lowest BCUT2D eigenvalue weighted by atomic mass is 9.91. The molecule has 0 fully saturated rings. The summed E-state index contributed by atoms with van der Waals surface area (Å²) in [6.45, 7) is 10.8. The maximum absolute atomic E-state index is 12.0. The molecule has 1 aromatic carbocycles. The van der Waals surface area contributed by atoms with Gasteiger partial charge in [0.25, 0.3) is 0 Å². The lowest BCUT2D eigenvalue weighted by molar-refractivity contribution is -0.157. The van der Waals surface area contributed by atoms with Crippen molar-refractivity contribution < 1.29 is 23.8 Å². The van der Waals surface area contributed by atoms with Gasteiger partial charge in [0.05, 0.1) is 5.41 Å². The summed E-state index contributed by atoms with van der Waals surface area (Å²) in [6.07, 6.45) is 0.697. The zero-order chi connectivity index (χ0) is 17.7. The van der Waals surface area contributed by atoms with Crippen molar-refractivity contribution in [1.82, 2.24) is 0 Å². The molecule has 0 saturated heterocycles. The van der Waals surface area contributed by atoms with Crippen molar-refractivity contribution in [2.24, 2.45) is 5.41 Å². The summed E-state index contributed by atoms with van der Waals surface area (Å²) < 4.78 is 15.8. The molecule has 0 spiro atoms. The van der Waals surface area contributed by atoms with E-state index in [1.807, 2.05) is 20.8 Å². The predicted octanol–water partition coefficient (Wildman–Crippen LogP) is 3.75. The molecule has 0 radical (unpaired) electrons. The van der Waals surface area contributed by atoms with E-state index in [0.29, 0.717) is 17.9 Å². The fraction of sp³-hybridized carbons (Fsp3) is 0.556. The first kappa shape index (κ1) is 19.0. The summed E-state index contributed by atoms with van der Waals surface area (Å²) in [7, 11) is 0. The second-order valence-corrected chi connectivity index (χ2v) is 6.97. The minimum Gasteiger partial charge on any atom is -0.482 e. The van der Waals surface area contributed by atoms with Crippen LogP contribution in [0.4, 0.5) is 0 Å². The number of ether oxygens (including phenoxy) is 3. The Labute approximate surface area is 137 Å². The molecule has 0 N–H and O–H groups in total. The predicted molar refractivity (Wildman–Crippen MR) is 87.5 cm³/mol. The van der Waals surface area contributed by atoms with Crippen LogP contribution < -0.4 is 9.47 Å². The van der Waals surface area contributed by atoms with Crippen molar-refractivity contribution in [2.45, 2.75) is 53.6 Å². The third kappa shape index (κ3) is 6.72. The maximum atomic E-state index is 12.0. The Balaban J connectivity index is 2.54. The number of carbonyl (C=O) groups excluding carboxylic acids is 2. The summed E-state index contributed by atoms with van der Waals surface area (Å²) in [4.78, 5) is 23.6. The molecule has 5 nitrogen and oxygen atoms in total. The van der Waals surface area contributed by atoms with Crippen molar-refractivity contribution in [3.63, 3.8) is 0 Å². The smallest absolute Gasteiger partial charge is 0.344 e. The SMILES string of the molecule is CCC(C)(C)C(=O)Oc1ccc(OCC(=O)OC(C)(C)C)cc1. The molecule has 0 bridgehead atoms. The summed E-state index contributed by atoms with van der Waals surface area (Å²) in [6, 6.07) is 6.56. The number of esters is 2. The number of hydrogen-bond donors (Lipinski definition) is 0. The van der Waals surface area contributed by atoms with E-state index >= 15 is 0 Å². The van der Waals surface area contributed by atoms with Crippen molar-refractivity contribution in [3.8, 4) is 11.5 Å². The van der Waals surface area contributed by atoms with Crippen LogP contribution in [-0.4, -0.2) is 24.1 Å². The number of carbonyl (C=O) groups is 2. The van der Waals surface area contributed by atoms with Gasteiger partial charge in [0, 0.05) is 0 Å². The molecule has 0 aliphatic heterocycles. The Bertz CT molecular complexity index is 538. The fourth-order valence-corrected chi connectivity index (χ4v) is 1.51. The Kier molecular flexibility index (Phi) is 6.19. The molecule has 0 aliphatic carbocycles. The molecule has 0 unspecified atom stereocenters. The number of rotatable bonds is 6. The molecule has 0 amide bonds. The van der Waals surface area contributed by atoms with Gasteiger partial charge >= 0.3 is 11.9 Å². The van der Waals surface area contributed by atoms with Crippen LogP contribution in [-0.2, 0) is 14.3 Å². The molecule has 23 heavy (non-hydrogen) atoms. The summed E-state index contributed by atoms with van der Waals surface area (Å²) in [5.41, 5.74) is -1.06. The van der Waals surface area contributed by atoms with E-state index in [9.17, 15) is 9.59 Å². The summed E-state index contributed by atoms with van der Waals surface area (Å²) in [5.74, 6) is 0.242. The van der Waals surface area contributed by atoms with Crippen LogP contribution in [0.25, 0.3) is 0 Å². The first-order chi connectivity index (χ1) is 10.5. The van der Waals surface area contributed by atoms with E-state index < -0.39 is 17.0 Å². The van der Waals surface area contributed by atoms with Gasteiger partial charge in [-0.05, 0) is 65.3 Å². The van der Waals surface area contributed by atoms with Crippen LogP contribution in [0.5, 0.6) is 11.5 Å². The van der Waals surface area contributed by atoms with E-state index in [1.165, 1.54) is 0 Å². The largest absolute Gasteiger partial charge is 0.482 e. The zero-order valence-corrected chi connectivity index (χ0v) is 14.8. The quantitative estimate of drug-likeness (QED) is 0.589. The molecular weight excluding hydrogens is 296 g/mol. The van der Waals surface area contributed by atoms with Crippen LogP contribution in [0.15, 0.2) is 24.3 Å². The Morgan fingerprint density at radius 3 is 1.96 bits per heavy atom. The van der Waals surface area contributed by atoms with Crippen LogP contribution in [0.1, 0.15) is 48.0 Å². The highest BCUT2D eigenvalue weighted by Gasteiger charge is 2.27. The number of benzene rings is 1. The molecule has 5 heteroatoms. The van der Waals surface area contributed by atoms with Gasteiger partial charge in [-0.2, -0.15) is 0 Å².